The highest BCUT2D eigenvalue weighted by atomic mass is 16.5. The van der Waals surface area contributed by atoms with Crippen LogP contribution in [0.15, 0.2) is 42.5 Å². The number of aromatic carboxylic acids is 1. The molecule has 0 saturated carbocycles. The average Bonchev–Trinajstić information content (AvgIpc) is 2.69. The first-order valence-electron chi connectivity index (χ1n) is 10.4. The van der Waals surface area contributed by atoms with Gasteiger partial charge in [0.15, 0.2) is 0 Å². The van der Waals surface area contributed by atoms with Crippen molar-refractivity contribution in [1.82, 2.24) is 4.90 Å². The van der Waals surface area contributed by atoms with Crippen molar-refractivity contribution in [2.24, 2.45) is 5.92 Å². The van der Waals surface area contributed by atoms with Gasteiger partial charge in [-0.05, 0) is 53.8 Å². The Hall–Kier alpha value is -2.37. The second-order valence-electron chi connectivity index (χ2n) is 8.04. The third-order valence-corrected chi connectivity index (χ3v) is 5.16. The zero-order valence-corrected chi connectivity index (χ0v) is 17.4. The molecular formula is C24H31NO4. The molecule has 29 heavy (non-hydrogen) atoms. The zero-order valence-electron chi connectivity index (χ0n) is 17.4. The third-order valence-electron chi connectivity index (χ3n) is 5.16. The number of nitrogens with zero attached hydrogens (tertiary/aromatic N) is 1. The molecule has 0 atom stereocenters. The molecule has 2 aromatic carbocycles. The van der Waals surface area contributed by atoms with E-state index in [4.69, 9.17) is 9.47 Å². The Labute approximate surface area is 173 Å². The van der Waals surface area contributed by atoms with Crippen LogP contribution >= 0.6 is 0 Å². The first-order chi connectivity index (χ1) is 14.0. The van der Waals surface area contributed by atoms with Crippen LogP contribution in [0.2, 0.25) is 0 Å². The molecule has 0 saturated heterocycles. The number of hydrogen-bond donors (Lipinski definition) is 1. The molecule has 0 radical (unpaired) electrons. The number of rotatable bonds is 4. The minimum absolute atomic E-state index is 0.278. The summed E-state index contributed by atoms with van der Waals surface area (Å²) in [7, 11) is 0. The molecule has 1 heterocycles. The Bertz CT molecular complexity index is 818. The van der Waals surface area contributed by atoms with Crippen molar-refractivity contribution in [3.63, 3.8) is 0 Å². The van der Waals surface area contributed by atoms with E-state index in [2.05, 4.69) is 43.0 Å². The highest BCUT2D eigenvalue weighted by Crippen LogP contribution is 2.24. The molecule has 1 aliphatic rings. The highest BCUT2D eigenvalue weighted by molar-refractivity contribution is 5.88. The fourth-order valence-electron chi connectivity index (χ4n) is 3.52. The topological polar surface area (TPSA) is 59.0 Å². The molecule has 5 nitrogen and oxygen atoms in total. The summed E-state index contributed by atoms with van der Waals surface area (Å²) in [5, 5.41) is 9.35. The Morgan fingerprint density at radius 1 is 1.10 bits per heavy atom. The first-order valence-corrected chi connectivity index (χ1v) is 10.4. The lowest BCUT2D eigenvalue weighted by atomic mass is 10.00. The Kier molecular flexibility index (Phi) is 7.67. The summed E-state index contributed by atoms with van der Waals surface area (Å²) in [5.74, 6) is 0.466. The minimum atomic E-state index is -0.926. The van der Waals surface area contributed by atoms with Gasteiger partial charge in [-0.1, -0.05) is 38.1 Å². The third kappa shape index (κ3) is 6.58. The predicted molar refractivity (Wildman–Crippen MR) is 114 cm³/mol. The number of carboxylic acids is 1. The fraction of sp³-hybridized carbons (Fsp3) is 0.458. The number of hydrogen-bond acceptors (Lipinski definition) is 4. The smallest absolute Gasteiger partial charge is 0.335 e. The molecule has 0 aliphatic carbocycles. The fourth-order valence-corrected chi connectivity index (χ4v) is 3.52. The van der Waals surface area contributed by atoms with Gasteiger partial charge in [0.05, 0.1) is 18.8 Å². The Morgan fingerprint density at radius 3 is 2.72 bits per heavy atom. The quantitative estimate of drug-likeness (QED) is 0.837. The van der Waals surface area contributed by atoms with Gasteiger partial charge in [0.1, 0.15) is 12.4 Å². The maximum atomic E-state index is 11.4. The molecule has 1 aliphatic heterocycles. The lowest BCUT2D eigenvalue weighted by molar-refractivity contribution is 0.0696. The van der Waals surface area contributed by atoms with Crippen LogP contribution in [0.25, 0.3) is 0 Å². The van der Waals surface area contributed by atoms with Crippen LogP contribution < -0.4 is 4.74 Å². The van der Waals surface area contributed by atoms with E-state index in [1.807, 2.05) is 0 Å². The Balaban J connectivity index is 1.86. The first kappa shape index (κ1) is 21.3. The molecule has 0 spiro atoms. The van der Waals surface area contributed by atoms with Gasteiger partial charge in [0.2, 0.25) is 0 Å². The highest BCUT2D eigenvalue weighted by Gasteiger charge is 2.13. The van der Waals surface area contributed by atoms with Gasteiger partial charge in [-0.2, -0.15) is 0 Å². The van der Waals surface area contributed by atoms with Gasteiger partial charge in [-0.25, -0.2) is 4.79 Å². The van der Waals surface area contributed by atoms with Crippen molar-refractivity contribution in [2.75, 3.05) is 32.9 Å². The summed E-state index contributed by atoms with van der Waals surface area (Å²) in [6.07, 6.45) is 1.80. The molecule has 0 amide bonds. The SMILES string of the molecule is CC(C)CCN1CCOCCOc2ccc(C(=O)O)cc2Cc2cccc(c2)C1. The number of carboxylic acid groups (broad SMARTS) is 1. The molecule has 0 fully saturated rings. The van der Waals surface area contributed by atoms with E-state index in [1.54, 1.807) is 18.2 Å². The van der Waals surface area contributed by atoms with Crippen molar-refractivity contribution in [3.05, 3.63) is 64.7 Å². The number of benzene rings is 2. The van der Waals surface area contributed by atoms with E-state index >= 15 is 0 Å². The predicted octanol–water partition coefficient (Wildman–Crippen LogP) is 4.23. The summed E-state index contributed by atoms with van der Waals surface area (Å²) in [6.45, 7) is 8.98. The normalized spacial score (nSPS) is 16.0. The molecule has 0 unspecified atom stereocenters. The van der Waals surface area contributed by atoms with Crippen molar-refractivity contribution < 1.29 is 19.4 Å². The summed E-state index contributed by atoms with van der Waals surface area (Å²) in [5.41, 5.74) is 3.59. The van der Waals surface area contributed by atoms with E-state index in [-0.39, 0.29) is 5.56 Å². The summed E-state index contributed by atoms with van der Waals surface area (Å²) < 4.78 is 11.7. The van der Waals surface area contributed by atoms with E-state index < -0.39 is 5.97 Å². The van der Waals surface area contributed by atoms with Gasteiger partial charge < -0.3 is 14.6 Å². The monoisotopic (exact) mass is 397 g/mol. The van der Waals surface area contributed by atoms with Crippen molar-refractivity contribution in [3.8, 4) is 5.75 Å². The minimum Gasteiger partial charge on any atom is -0.491 e. The number of fused-ring (bicyclic) bond motifs is 3. The van der Waals surface area contributed by atoms with Crippen molar-refractivity contribution in [2.45, 2.75) is 33.2 Å². The number of carbonyl (C=O) groups is 1. The van der Waals surface area contributed by atoms with E-state index in [0.29, 0.717) is 32.2 Å². The summed E-state index contributed by atoms with van der Waals surface area (Å²) in [4.78, 5) is 13.8. The van der Waals surface area contributed by atoms with Crippen LogP contribution in [0.1, 0.15) is 47.3 Å². The Morgan fingerprint density at radius 2 is 1.93 bits per heavy atom. The molecule has 156 valence electrons. The van der Waals surface area contributed by atoms with E-state index in [9.17, 15) is 9.90 Å². The molecular weight excluding hydrogens is 366 g/mol. The van der Waals surface area contributed by atoms with Gasteiger partial charge in [0, 0.05) is 19.5 Å². The maximum Gasteiger partial charge on any atom is 0.335 e. The van der Waals surface area contributed by atoms with Gasteiger partial charge in [-0.3, -0.25) is 4.90 Å². The molecule has 2 aromatic rings. The maximum absolute atomic E-state index is 11.4. The van der Waals surface area contributed by atoms with Crippen LogP contribution in [0, 0.1) is 5.92 Å². The van der Waals surface area contributed by atoms with Gasteiger partial charge in [-0.15, -0.1) is 0 Å². The molecule has 3 rings (SSSR count). The average molecular weight is 398 g/mol. The van der Waals surface area contributed by atoms with Crippen LogP contribution in [0.4, 0.5) is 0 Å². The van der Waals surface area contributed by atoms with Gasteiger partial charge >= 0.3 is 5.97 Å². The van der Waals surface area contributed by atoms with Crippen molar-refractivity contribution in [1.29, 1.82) is 0 Å². The second kappa shape index (κ2) is 10.4. The summed E-state index contributed by atoms with van der Waals surface area (Å²) >= 11 is 0. The lowest BCUT2D eigenvalue weighted by Crippen LogP contribution is -2.29. The lowest BCUT2D eigenvalue weighted by Gasteiger charge is -2.24. The molecule has 2 bridgehead atoms. The van der Waals surface area contributed by atoms with Gasteiger partial charge in [0.25, 0.3) is 0 Å². The zero-order chi connectivity index (χ0) is 20.6. The molecule has 1 N–H and O–H groups in total. The van der Waals surface area contributed by atoms with Crippen LogP contribution in [-0.4, -0.2) is 48.9 Å². The standard InChI is InChI=1S/C24H31NO4/c1-18(2)8-9-25-10-11-28-12-13-29-23-7-6-21(24(26)27)16-22(23)15-19-4-3-5-20(14-19)17-25/h3-7,14,16,18H,8-13,15,17H2,1-2H3,(H,26,27). The molecule has 0 aromatic heterocycles. The largest absolute Gasteiger partial charge is 0.491 e. The van der Waals surface area contributed by atoms with Crippen LogP contribution in [0.5, 0.6) is 5.75 Å². The van der Waals surface area contributed by atoms with E-state index in [1.165, 1.54) is 5.56 Å². The molecule has 5 heteroatoms. The van der Waals surface area contributed by atoms with E-state index in [0.717, 1.165) is 42.9 Å². The number of ether oxygens (including phenoxy) is 2. The van der Waals surface area contributed by atoms with Crippen LogP contribution in [0.3, 0.4) is 0 Å². The summed E-state index contributed by atoms with van der Waals surface area (Å²) in [6, 6.07) is 13.6. The van der Waals surface area contributed by atoms with Crippen LogP contribution in [-0.2, 0) is 17.7 Å². The second-order valence-corrected chi connectivity index (χ2v) is 8.04. The van der Waals surface area contributed by atoms with Crippen molar-refractivity contribution >= 4 is 5.97 Å².